The molecule has 1 aromatic heterocycles. The van der Waals surface area contributed by atoms with E-state index in [1.54, 1.807) is 16.2 Å². The second-order valence-electron chi connectivity index (χ2n) is 7.44. The van der Waals surface area contributed by atoms with Gasteiger partial charge in [-0.1, -0.05) is 30.3 Å². The zero-order chi connectivity index (χ0) is 20.5. The molecule has 2 amide bonds. The van der Waals surface area contributed by atoms with Crippen LogP contribution in [-0.4, -0.2) is 47.9 Å². The van der Waals surface area contributed by atoms with Crippen molar-refractivity contribution < 1.29 is 14.3 Å². The van der Waals surface area contributed by atoms with Crippen LogP contribution in [0.2, 0.25) is 0 Å². The standard InChI is InChI=1S/C23H21N3O3S/c27-21(25-10-4-5-11-25)13-26-19-12-17(8-9-20(19)29-14-22(26)28)18-15-30-23(24-18)16-6-2-1-3-7-16/h1-3,6-9,12,15H,4-5,10-11,13-14H2. The summed E-state index contributed by atoms with van der Waals surface area (Å²) in [7, 11) is 0. The number of hydrogen-bond donors (Lipinski definition) is 0. The zero-order valence-electron chi connectivity index (χ0n) is 16.4. The van der Waals surface area contributed by atoms with E-state index in [0.29, 0.717) is 11.4 Å². The number of amides is 2. The van der Waals surface area contributed by atoms with E-state index in [2.05, 4.69) is 0 Å². The Morgan fingerprint density at radius 1 is 1.07 bits per heavy atom. The second-order valence-corrected chi connectivity index (χ2v) is 8.30. The molecule has 7 heteroatoms. The van der Waals surface area contributed by atoms with Crippen LogP contribution in [0, 0.1) is 0 Å². The van der Waals surface area contributed by atoms with Gasteiger partial charge in [-0.15, -0.1) is 11.3 Å². The van der Waals surface area contributed by atoms with Crippen molar-refractivity contribution in [3.8, 4) is 27.6 Å². The van der Waals surface area contributed by atoms with Crippen molar-refractivity contribution in [3.63, 3.8) is 0 Å². The van der Waals surface area contributed by atoms with Crippen LogP contribution in [0.25, 0.3) is 21.8 Å². The first kappa shape index (κ1) is 18.8. The van der Waals surface area contributed by atoms with Gasteiger partial charge in [-0.3, -0.25) is 14.5 Å². The van der Waals surface area contributed by atoms with Crippen LogP contribution in [0.1, 0.15) is 12.8 Å². The lowest BCUT2D eigenvalue weighted by atomic mass is 10.1. The molecule has 152 valence electrons. The molecule has 0 N–H and O–H groups in total. The summed E-state index contributed by atoms with van der Waals surface area (Å²) in [6.07, 6.45) is 2.05. The van der Waals surface area contributed by atoms with Crippen molar-refractivity contribution >= 4 is 28.8 Å². The summed E-state index contributed by atoms with van der Waals surface area (Å²) in [5, 5.41) is 2.95. The average molecular weight is 420 g/mol. The van der Waals surface area contributed by atoms with E-state index in [1.165, 1.54) is 0 Å². The van der Waals surface area contributed by atoms with Gasteiger partial charge in [-0.2, -0.15) is 0 Å². The highest BCUT2D eigenvalue weighted by Gasteiger charge is 2.30. The van der Waals surface area contributed by atoms with E-state index >= 15 is 0 Å². The van der Waals surface area contributed by atoms with Gasteiger partial charge in [0.15, 0.2) is 6.61 Å². The average Bonchev–Trinajstić information content (AvgIpc) is 3.49. The first-order valence-electron chi connectivity index (χ1n) is 10.1. The molecule has 3 aromatic rings. The fourth-order valence-corrected chi connectivity index (χ4v) is 4.69. The van der Waals surface area contributed by atoms with Crippen molar-refractivity contribution in [2.45, 2.75) is 12.8 Å². The molecule has 0 saturated carbocycles. The molecule has 3 heterocycles. The number of hydrogen-bond acceptors (Lipinski definition) is 5. The first-order chi connectivity index (χ1) is 14.7. The molecule has 0 bridgehead atoms. The maximum atomic E-state index is 12.7. The van der Waals surface area contributed by atoms with Crippen LogP contribution in [0.15, 0.2) is 53.9 Å². The van der Waals surface area contributed by atoms with E-state index in [1.807, 2.05) is 58.8 Å². The zero-order valence-corrected chi connectivity index (χ0v) is 17.2. The Kier molecular flexibility index (Phi) is 4.96. The number of carbonyl (C=O) groups is 2. The summed E-state index contributed by atoms with van der Waals surface area (Å²) < 4.78 is 5.60. The van der Waals surface area contributed by atoms with Gasteiger partial charge < -0.3 is 9.64 Å². The molecule has 5 rings (SSSR count). The van der Waals surface area contributed by atoms with Crippen LogP contribution in [-0.2, 0) is 9.59 Å². The molecule has 30 heavy (non-hydrogen) atoms. The fourth-order valence-electron chi connectivity index (χ4n) is 3.86. The normalized spacial score (nSPS) is 15.8. The largest absolute Gasteiger partial charge is 0.482 e. The van der Waals surface area contributed by atoms with E-state index in [4.69, 9.17) is 9.72 Å². The lowest BCUT2D eigenvalue weighted by Gasteiger charge is -2.30. The summed E-state index contributed by atoms with van der Waals surface area (Å²) in [5.41, 5.74) is 3.43. The molecule has 6 nitrogen and oxygen atoms in total. The van der Waals surface area contributed by atoms with E-state index in [9.17, 15) is 9.59 Å². The predicted molar refractivity (Wildman–Crippen MR) is 117 cm³/mol. The number of benzene rings is 2. The summed E-state index contributed by atoms with van der Waals surface area (Å²) >= 11 is 1.58. The maximum absolute atomic E-state index is 12.7. The Morgan fingerprint density at radius 2 is 1.87 bits per heavy atom. The molecule has 1 saturated heterocycles. The number of carbonyl (C=O) groups excluding carboxylic acids is 2. The Hall–Kier alpha value is -3.19. The molecule has 1 fully saturated rings. The van der Waals surface area contributed by atoms with Crippen LogP contribution in [0.3, 0.4) is 0 Å². The highest BCUT2D eigenvalue weighted by molar-refractivity contribution is 7.13. The van der Waals surface area contributed by atoms with Gasteiger partial charge in [0.1, 0.15) is 17.3 Å². The lowest BCUT2D eigenvalue weighted by Crippen LogP contribution is -2.45. The van der Waals surface area contributed by atoms with Crippen LogP contribution in [0.5, 0.6) is 5.75 Å². The number of aromatic nitrogens is 1. The summed E-state index contributed by atoms with van der Waals surface area (Å²) in [6, 6.07) is 15.7. The third kappa shape index (κ3) is 3.57. The van der Waals surface area contributed by atoms with Crippen molar-refractivity contribution in [1.29, 1.82) is 0 Å². The quantitative estimate of drug-likeness (QED) is 0.645. The third-order valence-corrected chi connectivity index (χ3v) is 6.37. The number of anilines is 1. The second kappa shape index (κ2) is 7.91. The number of likely N-dealkylation sites (tertiary alicyclic amines) is 1. The number of nitrogens with zero attached hydrogens (tertiary/aromatic N) is 3. The molecule has 2 aromatic carbocycles. The van der Waals surface area contributed by atoms with E-state index in [-0.39, 0.29) is 25.0 Å². The van der Waals surface area contributed by atoms with Crippen molar-refractivity contribution in [1.82, 2.24) is 9.88 Å². The number of fused-ring (bicyclic) bond motifs is 1. The molecular formula is C23H21N3O3S. The van der Waals surface area contributed by atoms with Crippen LogP contribution < -0.4 is 9.64 Å². The minimum Gasteiger partial charge on any atom is -0.482 e. The molecule has 0 unspecified atom stereocenters. The molecule has 0 atom stereocenters. The smallest absolute Gasteiger partial charge is 0.265 e. The Labute approximate surface area is 178 Å². The maximum Gasteiger partial charge on any atom is 0.265 e. The number of ether oxygens (including phenoxy) is 1. The lowest BCUT2D eigenvalue weighted by molar-refractivity contribution is -0.131. The highest BCUT2D eigenvalue weighted by atomic mass is 32.1. The number of thiazole rings is 1. The van der Waals surface area contributed by atoms with Crippen LogP contribution >= 0.6 is 11.3 Å². The van der Waals surface area contributed by atoms with Crippen molar-refractivity contribution in [2.24, 2.45) is 0 Å². The van der Waals surface area contributed by atoms with Crippen molar-refractivity contribution in [3.05, 3.63) is 53.9 Å². The Bertz CT molecular complexity index is 1090. The van der Waals surface area contributed by atoms with Gasteiger partial charge in [0.25, 0.3) is 5.91 Å². The minimum absolute atomic E-state index is 0.0147. The van der Waals surface area contributed by atoms with Gasteiger partial charge in [0.2, 0.25) is 5.91 Å². The minimum atomic E-state index is -0.199. The van der Waals surface area contributed by atoms with Crippen LogP contribution in [0.4, 0.5) is 5.69 Å². The Morgan fingerprint density at radius 3 is 2.67 bits per heavy atom. The van der Waals surface area contributed by atoms with Gasteiger partial charge in [-0.05, 0) is 31.0 Å². The first-order valence-corrected chi connectivity index (χ1v) is 10.9. The highest BCUT2D eigenvalue weighted by Crippen LogP contribution is 2.37. The molecule has 2 aliphatic heterocycles. The topological polar surface area (TPSA) is 62.7 Å². The van der Waals surface area contributed by atoms with Gasteiger partial charge in [0, 0.05) is 29.6 Å². The van der Waals surface area contributed by atoms with Gasteiger partial charge in [0.05, 0.1) is 11.4 Å². The molecule has 2 aliphatic rings. The summed E-state index contributed by atoms with van der Waals surface area (Å²) in [5.74, 6) is 0.403. The third-order valence-electron chi connectivity index (χ3n) is 5.47. The monoisotopic (exact) mass is 419 g/mol. The molecule has 0 radical (unpaired) electrons. The summed E-state index contributed by atoms with van der Waals surface area (Å²) in [4.78, 5) is 33.4. The predicted octanol–water partition coefficient (Wildman–Crippen LogP) is 3.82. The molecular weight excluding hydrogens is 398 g/mol. The van der Waals surface area contributed by atoms with Crippen molar-refractivity contribution in [2.75, 3.05) is 31.1 Å². The summed E-state index contributed by atoms with van der Waals surface area (Å²) in [6.45, 7) is 1.54. The Balaban J connectivity index is 1.44. The number of rotatable bonds is 4. The van der Waals surface area contributed by atoms with Gasteiger partial charge >= 0.3 is 0 Å². The van der Waals surface area contributed by atoms with E-state index in [0.717, 1.165) is 47.8 Å². The fraction of sp³-hybridized carbons (Fsp3) is 0.261. The SMILES string of the molecule is O=C(CN1C(=O)COc2ccc(-c3csc(-c4ccccc4)n3)cc21)N1CCCC1. The van der Waals surface area contributed by atoms with Gasteiger partial charge in [-0.25, -0.2) is 4.98 Å². The molecule has 0 spiro atoms. The van der Waals surface area contributed by atoms with E-state index < -0.39 is 0 Å². The molecule has 0 aliphatic carbocycles.